The summed E-state index contributed by atoms with van der Waals surface area (Å²) in [5.74, 6) is 1.77. The van der Waals surface area contributed by atoms with E-state index in [4.69, 9.17) is 5.11 Å². The monoisotopic (exact) mass is 259 g/mol. The maximum atomic E-state index is 12.1. The fourth-order valence-corrected chi connectivity index (χ4v) is 4.13. The number of phenolic OH excluding ortho intramolecular Hbond substituents is 1. The number of hydrogen-bond donors (Lipinski definition) is 1. The normalized spacial score (nSPS) is 18.5. The van der Waals surface area contributed by atoms with Gasteiger partial charge in [0.1, 0.15) is 5.75 Å². The van der Waals surface area contributed by atoms with Crippen molar-refractivity contribution in [2.45, 2.75) is 4.90 Å². The van der Waals surface area contributed by atoms with Crippen LogP contribution in [0.3, 0.4) is 0 Å². The molecule has 0 saturated carbocycles. The predicted molar refractivity (Wildman–Crippen MR) is 64.2 cm³/mol. The second-order valence-corrected chi connectivity index (χ2v) is 6.67. The van der Waals surface area contributed by atoms with Crippen LogP contribution in [-0.4, -0.2) is 42.4 Å². The van der Waals surface area contributed by atoms with Gasteiger partial charge in [0.2, 0.25) is 10.0 Å². The van der Waals surface area contributed by atoms with Gasteiger partial charge in [-0.2, -0.15) is 16.1 Å². The highest BCUT2D eigenvalue weighted by Gasteiger charge is 2.25. The van der Waals surface area contributed by atoms with E-state index >= 15 is 0 Å². The zero-order chi connectivity index (χ0) is 11.6. The molecule has 0 atom stereocenters. The van der Waals surface area contributed by atoms with Gasteiger partial charge in [-0.3, -0.25) is 0 Å². The first-order valence-electron chi connectivity index (χ1n) is 4.97. The van der Waals surface area contributed by atoms with Crippen LogP contribution < -0.4 is 0 Å². The van der Waals surface area contributed by atoms with Gasteiger partial charge in [0.15, 0.2) is 0 Å². The minimum atomic E-state index is -3.37. The molecule has 1 saturated heterocycles. The van der Waals surface area contributed by atoms with E-state index in [1.807, 2.05) is 0 Å². The third-order valence-corrected chi connectivity index (χ3v) is 5.30. The van der Waals surface area contributed by atoms with E-state index in [-0.39, 0.29) is 10.6 Å². The van der Waals surface area contributed by atoms with E-state index in [9.17, 15) is 8.42 Å². The van der Waals surface area contributed by atoms with Crippen LogP contribution in [0.2, 0.25) is 0 Å². The lowest BCUT2D eigenvalue weighted by Gasteiger charge is -2.25. The van der Waals surface area contributed by atoms with Crippen LogP contribution in [0.1, 0.15) is 0 Å². The molecule has 0 amide bonds. The van der Waals surface area contributed by atoms with Crippen molar-refractivity contribution in [2.24, 2.45) is 0 Å². The summed E-state index contributed by atoms with van der Waals surface area (Å²) in [5.41, 5.74) is 0. The van der Waals surface area contributed by atoms with Gasteiger partial charge < -0.3 is 5.11 Å². The van der Waals surface area contributed by atoms with Gasteiger partial charge in [-0.05, 0) is 24.3 Å². The van der Waals surface area contributed by atoms with Crippen LogP contribution in [-0.2, 0) is 10.0 Å². The summed E-state index contributed by atoms with van der Waals surface area (Å²) in [6.45, 7) is 1.13. The molecule has 16 heavy (non-hydrogen) atoms. The molecule has 0 aliphatic carbocycles. The molecular weight excluding hydrogens is 246 g/mol. The molecule has 1 aliphatic heterocycles. The molecular formula is C10H13NO3S2. The van der Waals surface area contributed by atoms with Crippen LogP contribution in [0, 0.1) is 0 Å². The molecule has 1 N–H and O–H groups in total. The Morgan fingerprint density at radius 1 is 1.12 bits per heavy atom. The van der Waals surface area contributed by atoms with Gasteiger partial charge in [-0.1, -0.05) is 0 Å². The van der Waals surface area contributed by atoms with Crippen molar-refractivity contribution in [1.82, 2.24) is 4.31 Å². The summed E-state index contributed by atoms with van der Waals surface area (Å²) in [6.07, 6.45) is 0. The Balaban J connectivity index is 2.27. The molecule has 4 nitrogen and oxygen atoms in total. The van der Waals surface area contributed by atoms with Gasteiger partial charge in [-0.15, -0.1) is 0 Å². The molecule has 1 aromatic carbocycles. The summed E-state index contributed by atoms with van der Waals surface area (Å²) in [4.78, 5) is 0.247. The summed E-state index contributed by atoms with van der Waals surface area (Å²) >= 11 is 1.77. The quantitative estimate of drug-likeness (QED) is 0.865. The van der Waals surface area contributed by atoms with Crippen molar-refractivity contribution in [3.05, 3.63) is 24.3 Å². The lowest BCUT2D eigenvalue weighted by molar-refractivity contribution is 0.443. The second-order valence-electron chi connectivity index (χ2n) is 3.51. The molecule has 0 radical (unpaired) electrons. The molecule has 0 bridgehead atoms. The second kappa shape index (κ2) is 4.65. The Labute approximate surface area is 99.3 Å². The van der Waals surface area contributed by atoms with Crippen LogP contribution in [0.4, 0.5) is 0 Å². The molecule has 2 rings (SSSR count). The van der Waals surface area contributed by atoms with Crippen molar-refractivity contribution >= 4 is 21.8 Å². The maximum absolute atomic E-state index is 12.1. The Kier molecular flexibility index (Phi) is 3.41. The van der Waals surface area contributed by atoms with E-state index in [0.29, 0.717) is 13.1 Å². The molecule has 0 spiro atoms. The van der Waals surface area contributed by atoms with Gasteiger partial charge in [0.25, 0.3) is 0 Å². The predicted octanol–water partition coefficient (Wildman–Crippen LogP) is 1.13. The lowest BCUT2D eigenvalue weighted by atomic mass is 10.3. The first kappa shape index (κ1) is 11.8. The number of rotatable bonds is 2. The van der Waals surface area contributed by atoms with Gasteiger partial charge in [0, 0.05) is 24.6 Å². The molecule has 1 aromatic rings. The lowest BCUT2D eigenvalue weighted by Crippen LogP contribution is -2.37. The smallest absolute Gasteiger partial charge is 0.243 e. The molecule has 0 unspecified atom stereocenters. The largest absolute Gasteiger partial charge is 0.508 e. The topological polar surface area (TPSA) is 57.6 Å². The van der Waals surface area contributed by atoms with Crippen LogP contribution in [0.25, 0.3) is 0 Å². The molecule has 0 aromatic heterocycles. The number of hydrogen-bond acceptors (Lipinski definition) is 4. The number of sulfonamides is 1. The highest BCUT2D eigenvalue weighted by Crippen LogP contribution is 2.21. The summed E-state index contributed by atoms with van der Waals surface area (Å²) in [7, 11) is -3.37. The fraction of sp³-hybridized carbons (Fsp3) is 0.400. The van der Waals surface area contributed by atoms with Crippen molar-refractivity contribution < 1.29 is 13.5 Å². The minimum absolute atomic E-state index is 0.0770. The van der Waals surface area contributed by atoms with E-state index in [2.05, 4.69) is 0 Å². The standard InChI is InChI=1S/C10H13NO3S2/c12-9-1-3-10(4-2-9)16(13,14)11-5-7-15-8-6-11/h1-4,12H,5-8H2. The molecule has 88 valence electrons. The van der Waals surface area contributed by atoms with Gasteiger partial charge in [0.05, 0.1) is 4.90 Å². The average molecular weight is 259 g/mol. The summed E-state index contributed by atoms with van der Waals surface area (Å²) in [6, 6.07) is 5.66. The third-order valence-electron chi connectivity index (χ3n) is 2.44. The Bertz CT molecular complexity index is 449. The highest BCUT2D eigenvalue weighted by atomic mass is 32.2. The van der Waals surface area contributed by atoms with Crippen LogP contribution >= 0.6 is 11.8 Å². The van der Waals surface area contributed by atoms with Crippen molar-refractivity contribution in [2.75, 3.05) is 24.6 Å². The van der Waals surface area contributed by atoms with E-state index in [0.717, 1.165) is 11.5 Å². The molecule has 6 heteroatoms. The maximum Gasteiger partial charge on any atom is 0.243 e. The SMILES string of the molecule is O=S(=O)(c1ccc(O)cc1)N1CCSCC1. The van der Waals surface area contributed by atoms with E-state index < -0.39 is 10.0 Å². The van der Waals surface area contributed by atoms with Crippen molar-refractivity contribution in [3.8, 4) is 5.75 Å². The number of thioether (sulfide) groups is 1. The number of nitrogens with zero attached hydrogens (tertiary/aromatic N) is 1. The molecule has 1 aliphatic rings. The third kappa shape index (κ3) is 2.34. The number of phenols is 1. The Hall–Kier alpha value is -0.720. The van der Waals surface area contributed by atoms with Gasteiger partial charge in [-0.25, -0.2) is 8.42 Å². The van der Waals surface area contributed by atoms with Crippen LogP contribution in [0.5, 0.6) is 5.75 Å². The number of benzene rings is 1. The van der Waals surface area contributed by atoms with Crippen LogP contribution in [0.15, 0.2) is 29.2 Å². The minimum Gasteiger partial charge on any atom is -0.508 e. The first-order valence-corrected chi connectivity index (χ1v) is 7.57. The summed E-state index contributed by atoms with van der Waals surface area (Å²) in [5, 5.41) is 9.12. The summed E-state index contributed by atoms with van der Waals surface area (Å²) < 4.78 is 25.8. The Morgan fingerprint density at radius 2 is 1.69 bits per heavy atom. The average Bonchev–Trinajstić information content (AvgIpc) is 2.31. The molecule has 1 fully saturated rings. The van der Waals surface area contributed by atoms with Crippen molar-refractivity contribution in [1.29, 1.82) is 0 Å². The van der Waals surface area contributed by atoms with E-state index in [1.54, 1.807) is 11.8 Å². The van der Waals surface area contributed by atoms with Gasteiger partial charge >= 0.3 is 0 Å². The first-order chi connectivity index (χ1) is 7.60. The van der Waals surface area contributed by atoms with Crippen molar-refractivity contribution in [3.63, 3.8) is 0 Å². The molecule has 1 heterocycles. The van der Waals surface area contributed by atoms with E-state index in [1.165, 1.54) is 28.6 Å². The zero-order valence-electron chi connectivity index (χ0n) is 8.67. The highest BCUT2D eigenvalue weighted by molar-refractivity contribution is 7.99. The zero-order valence-corrected chi connectivity index (χ0v) is 10.3. The number of aromatic hydroxyl groups is 1. The fourth-order valence-electron chi connectivity index (χ4n) is 1.55. The Morgan fingerprint density at radius 3 is 2.25 bits per heavy atom.